The smallest absolute Gasteiger partial charge is 0.420 e. The van der Waals surface area contributed by atoms with Crippen LogP contribution in [0.2, 0.25) is 5.02 Å². The number of halogens is 4. The molecule has 0 saturated carbocycles. The fourth-order valence-corrected chi connectivity index (χ4v) is 2.12. The Bertz CT molecular complexity index is 765. The second-order valence-electron chi connectivity index (χ2n) is 4.54. The van der Waals surface area contributed by atoms with Crippen molar-refractivity contribution in [1.82, 2.24) is 0 Å². The highest BCUT2D eigenvalue weighted by molar-refractivity contribution is 6.32. The van der Waals surface area contributed by atoms with Crippen LogP contribution in [0.4, 0.5) is 18.9 Å². The first-order chi connectivity index (χ1) is 11.2. The molecule has 0 spiro atoms. The van der Waals surface area contributed by atoms with Crippen LogP contribution in [0.5, 0.6) is 17.2 Å². The number of benzene rings is 2. The molecule has 0 atom stereocenters. The average molecular weight is 362 g/mol. The van der Waals surface area contributed by atoms with E-state index in [1.807, 2.05) is 0 Å². The standard InChI is InChI=1S/C15H11ClF3NO4/c1-2-23-13-8-9(20(21)22)6-7-12(13)24-14-10(15(17,18)19)4-3-5-11(14)16/h3-8H,2H2,1H3. The Kier molecular flexibility index (Phi) is 5.18. The normalized spacial score (nSPS) is 11.2. The molecule has 0 amide bonds. The summed E-state index contributed by atoms with van der Waals surface area (Å²) in [5, 5.41) is 10.6. The number of ether oxygens (including phenoxy) is 2. The molecule has 0 unspecified atom stereocenters. The maximum absolute atomic E-state index is 13.1. The van der Waals surface area contributed by atoms with E-state index in [0.717, 1.165) is 30.3 Å². The molecule has 0 aromatic heterocycles. The Hall–Kier alpha value is -2.48. The zero-order valence-electron chi connectivity index (χ0n) is 12.3. The largest absolute Gasteiger partial charge is 0.490 e. The molecule has 0 aliphatic rings. The van der Waals surface area contributed by atoms with Gasteiger partial charge in [-0.2, -0.15) is 13.2 Å². The quantitative estimate of drug-likeness (QED) is 0.524. The lowest BCUT2D eigenvalue weighted by Crippen LogP contribution is -2.07. The molecule has 0 bridgehead atoms. The summed E-state index contributed by atoms with van der Waals surface area (Å²) in [5.74, 6) is -0.762. The van der Waals surface area contributed by atoms with Gasteiger partial charge in [0, 0.05) is 6.07 Å². The van der Waals surface area contributed by atoms with Gasteiger partial charge in [-0.25, -0.2) is 0 Å². The van der Waals surface area contributed by atoms with Gasteiger partial charge in [0.25, 0.3) is 5.69 Å². The van der Waals surface area contributed by atoms with E-state index in [4.69, 9.17) is 21.1 Å². The summed E-state index contributed by atoms with van der Waals surface area (Å²) in [7, 11) is 0. The molecule has 0 heterocycles. The van der Waals surface area contributed by atoms with Crippen LogP contribution in [-0.2, 0) is 6.18 Å². The fourth-order valence-electron chi connectivity index (χ4n) is 1.91. The van der Waals surface area contributed by atoms with Crippen molar-refractivity contribution in [3.05, 3.63) is 57.1 Å². The summed E-state index contributed by atoms with van der Waals surface area (Å²) in [6.07, 6.45) is -4.67. The van der Waals surface area contributed by atoms with Crippen molar-refractivity contribution >= 4 is 17.3 Å². The van der Waals surface area contributed by atoms with Crippen molar-refractivity contribution < 1.29 is 27.6 Å². The summed E-state index contributed by atoms with van der Waals surface area (Å²) in [6, 6.07) is 6.56. The van der Waals surface area contributed by atoms with E-state index in [9.17, 15) is 23.3 Å². The highest BCUT2D eigenvalue weighted by Crippen LogP contribution is 2.44. The fraction of sp³-hybridized carbons (Fsp3) is 0.200. The first-order valence-corrected chi connectivity index (χ1v) is 7.06. The van der Waals surface area contributed by atoms with Crippen molar-refractivity contribution in [2.45, 2.75) is 13.1 Å². The van der Waals surface area contributed by atoms with E-state index in [-0.39, 0.29) is 28.8 Å². The molecule has 9 heteroatoms. The number of rotatable bonds is 5. The van der Waals surface area contributed by atoms with Crippen molar-refractivity contribution in [3.63, 3.8) is 0 Å². The van der Waals surface area contributed by atoms with Gasteiger partial charge in [0.05, 0.1) is 28.2 Å². The van der Waals surface area contributed by atoms with Crippen LogP contribution in [0.25, 0.3) is 0 Å². The van der Waals surface area contributed by atoms with Crippen LogP contribution in [0, 0.1) is 10.1 Å². The predicted octanol–water partition coefficient (Wildman–Crippen LogP) is 5.46. The summed E-state index contributed by atoms with van der Waals surface area (Å²) in [4.78, 5) is 10.2. The maximum Gasteiger partial charge on any atom is 0.420 e. The molecule has 2 aromatic rings. The topological polar surface area (TPSA) is 61.6 Å². The van der Waals surface area contributed by atoms with Crippen molar-refractivity contribution in [1.29, 1.82) is 0 Å². The Morgan fingerprint density at radius 3 is 2.50 bits per heavy atom. The van der Waals surface area contributed by atoms with E-state index in [2.05, 4.69) is 0 Å². The van der Waals surface area contributed by atoms with Gasteiger partial charge in [0.15, 0.2) is 17.2 Å². The van der Waals surface area contributed by atoms with E-state index >= 15 is 0 Å². The molecule has 5 nitrogen and oxygen atoms in total. The van der Waals surface area contributed by atoms with Crippen molar-refractivity contribution in [3.8, 4) is 17.2 Å². The monoisotopic (exact) mass is 361 g/mol. The average Bonchev–Trinajstić information content (AvgIpc) is 2.49. The van der Waals surface area contributed by atoms with E-state index in [1.54, 1.807) is 6.92 Å². The van der Waals surface area contributed by atoms with Gasteiger partial charge < -0.3 is 9.47 Å². The molecule has 2 rings (SSSR count). The zero-order chi connectivity index (χ0) is 17.9. The van der Waals surface area contributed by atoms with Crippen LogP contribution < -0.4 is 9.47 Å². The maximum atomic E-state index is 13.1. The minimum absolute atomic E-state index is 0.0558. The number of nitro benzene ring substituents is 1. The van der Waals surface area contributed by atoms with Crippen LogP contribution >= 0.6 is 11.6 Å². The van der Waals surface area contributed by atoms with Gasteiger partial charge >= 0.3 is 6.18 Å². The van der Waals surface area contributed by atoms with Gasteiger partial charge in [0.1, 0.15) is 0 Å². The number of hydrogen-bond acceptors (Lipinski definition) is 4. The van der Waals surface area contributed by atoms with E-state index in [1.165, 1.54) is 6.07 Å². The van der Waals surface area contributed by atoms with Gasteiger partial charge in [0.2, 0.25) is 0 Å². The molecule has 0 saturated heterocycles. The SMILES string of the molecule is CCOc1cc([N+](=O)[O-])ccc1Oc1c(Cl)cccc1C(F)(F)F. The van der Waals surface area contributed by atoms with Gasteiger partial charge in [-0.1, -0.05) is 17.7 Å². The van der Waals surface area contributed by atoms with E-state index < -0.39 is 22.4 Å². The third kappa shape index (κ3) is 3.88. The van der Waals surface area contributed by atoms with E-state index in [0.29, 0.717) is 0 Å². The van der Waals surface area contributed by atoms with Crippen LogP contribution in [-0.4, -0.2) is 11.5 Å². The molecule has 0 radical (unpaired) electrons. The Labute approximate surface area is 139 Å². The molecular weight excluding hydrogens is 351 g/mol. The van der Waals surface area contributed by atoms with Crippen LogP contribution in [0.15, 0.2) is 36.4 Å². The Balaban J connectivity index is 2.50. The Morgan fingerprint density at radius 1 is 1.21 bits per heavy atom. The number of alkyl halides is 3. The highest BCUT2D eigenvalue weighted by atomic mass is 35.5. The highest BCUT2D eigenvalue weighted by Gasteiger charge is 2.35. The third-order valence-electron chi connectivity index (χ3n) is 2.92. The lowest BCUT2D eigenvalue weighted by Gasteiger charge is -2.16. The number of nitro groups is 1. The Morgan fingerprint density at radius 2 is 1.92 bits per heavy atom. The molecule has 0 aliphatic carbocycles. The first kappa shape index (κ1) is 17.9. The number of nitrogens with zero attached hydrogens (tertiary/aromatic N) is 1. The summed E-state index contributed by atoms with van der Waals surface area (Å²) in [5.41, 5.74) is -1.34. The third-order valence-corrected chi connectivity index (χ3v) is 3.22. The predicted molar refractivity (Wildman–Crippen MR) is 80.8 cm³/mol. The van der Waals surface area contributed by atoms with Crippen molar-refractivity contribution in [2.24, 2.45) is 0 Å². The summed E-state index contributed by atoms with van der Waals surface area (Å²) in [6.45, 7) is 1.77. The van der Waals surface area contributed by atoms with Gasteiger partial charge in [-0.05, 0) is 25.1 Å². The molecule has 128 valence electrons. The number of hydrogen-bond donors (Lipinski definition) is 0. The lowest BCUT2D eigenvalue weighted by atomic mass is 10.2. The minimum atomic E-state index is -4.67. The second kappa shape index (κ2) is 6.96. The summed E-state index contributed by atoms with van der Waals surface area (Å²) < 4.78 is 49.8. The van der Waals surface area contributed by atoms with Gasteiger partial charge in [-0.15, -0.1) is 0 Å². The first-order valence-electron chi connectivity index (χ1n) is 6.68. The minimum Gasteiger partial charge on any atom is -0.490 e. The van der Waals surface area contributed by atoms with Crippen LogP contribution in [0.1, 0.15) is 12.5 Å². The number of para-hydroxylation sites is 1. The van der Waals surface area contributed by atoms with Crippen LogP contribution in [0.3, 0.4) is 0 Å². The van der Waals surface area contributed by atoms with Crippen molar-refractivity contribution in [2.75, 3.05) is 6.61 Å². The molecule has 24 heavy (non-hydrogen) atoms. The summed E-state index contributed by atoms with van der Waals surface area (Å²) >= 11 is 5.82. The lowest BCUT2D eigenvalue weighted by molar-refractivity contribution is -0.385. The molecule has 2 aromatic carbocycles. The van der Waals surface area contributed by atoms with Gasteiger partial charge in [-0.3, -0.25) is 10.1 Å². The molecule has 0 fully saturated rings. The second-order valence-corrected chi connectivity index (χ2v) is 4.94. The number of non-ortho nitro benzene ring substituents is 1. The molecular formula is C15H11ClF3NO4. The molecule has 0 aliphatic heterocycles. The zero-order valence-corrected chi connectivity index (χ0v) is 13.0. The molecule has 0 N–H and O–H groups in total.